The van der Waals surface area contributed by atoms with Gasteiger partial charge in [0.1, 0.15) is 0 Å². The van der Waals surface area contributed by atoms with Gasteiger partial charge >= 0.3 is 0 Å². The highest BCUT2D eigenvalue weighted by Crippen LogP contribution is 2.36. The predicted molar refractivity (Wildman–Crippen MR) is 50.1 cm³/mol. The summed E-state index contributed by atoms with van der Waals surface area (Å²) < 4.78 is 0. The Morgan fingerprint density at radius 2 is 1.83 bits per heavy atom. The van der Waals surface area contributed by atoms with Crippen molar-refractivity contribution in [2.45, 2.75) is 46.5 Å². The van der Waals surface area contributed by atoms with Gasteiger partial charge in [-0.15, -0.1) is 0 Å². The minimum atomic E-state index is -0.250. The van der Waals surface area contributed by atoms with E-state index in [-0.39, 0.29) is 6.47 Å². The number of carboxylic acid groups (broad SMARTS) is 1. The van der Waals surface area contributed by atoms with Crippen LogP contribution in [-0.4, -0.2) is 11.6 Å². The molecule has 2 heteroatoms. The van der Waals surface area contributed by atoms with E-state index in [0.717, 1.165) is 5.92 Å². The Morgan fingerprint density at radius 3 is 1.92 bits per heavy atom. The molecule has 0 heterocycles. The van der Waals surface area contributed by atoms with Crippen LogP contribution >= 0.6 is 0 Å². The molecule has 0 aromatic heterocycles. The molecule has 1 rings (SSSR count). The van der Waals surface area contributed by atoms with Gasteiger partial charge in [-0.2, -0.15) is 0 Å². The fraction of sp³-hybridized carbons (Fsp3) is 0.900. The lowest BCUT2D eigenvalue weighted by molar-refractivity contribution is -0.122. The Hall–Kier alpha value is -0.530. The summed E-state index contributed by atoms with van der Waals surface area (Å²) in [5, 5.41) is 6.89. The second-order valence-electron chi connectivity index (χ2n) is 4.67. The van der Waals surface area contributed by atoms with Crippen molar-refractivity contribution in [3.63, 3.8) is 0 Å². The minimum absolute atomic E-state index is 0.250. The predicted octanol–water partition coefficient (Wildman–Crippen LogP) is 2.92. The standard InChI is InChI=1S/C9H18.CH2O2/c1-9(2,3)7-8-5-4-6-8;2-1-3/h8H,4-7H2,1-3H3;1H,(H,2,3). The van der Waals surface area contributed by atoms with Crippen LogP contribution in [0.25, 0.3) is 0 Å². The molecule has 2 nitrogen and oxygen atoms in total. The molecular formula is C10H20O2. The number of hydrogen-bond acceptors (Lipinski definition) is 1. The summed E-state index contributed by atoms with van der Waals surface area (Å²) in [4.78, 5) is 8.36. The van der Waals surface area contributed by atoms with E-state index in [0.29, 0.717) is 5.41 Å². The van der Waals surface area contributed by atoms with Gasteiger partial charge in [0.25, 0.3) is 6.47 Å². The second-order valence-corrected chi connectivity index (χ2v) is 4.67. The lowest BCUT2D eigenvalue weighted by Gasteiger charge is -2.31. The zero-order chi connectivity index (χ0) is 9.61. The van der Waals surface area contributed by atoms with Crippen molar-refractivity contribution >= 4 is 6.47 Å². The van der Waals surface area contributed by atoms with Crippen LogP contribution < -0.4 is 0 Å². The summed E-state index contributed by atoms with van der Waals surface area (Å²) in [5.74, 6) is 1.07. The summed E-state index contributed by atoms with van der Waals surface area (Å²) in [7, 11) is 0. The van der Waals surface area contributed by atoms with Gasteiger partial charge in [-0.1, -0.05) is 40.0 Å². The first kappa shape index (κ1) is 11.5. The lowest BCUT2D eigenvalue weighted by Crippen LogP contribution is -2.18. The Kier molecular flexibility index (Phi) is 4.95. The molecule has 0 aromatic carbocycles. The molecule has 1 saturated carbocycles. The Bertz CT molecular complexity index is 120. The molecule has 12 heavy (non-hydrogen) atoms. The molecule has 0 saturated heterocycles. The van der Waals surface area contributed by atoms with E-state index >= 15 is 0 Å². The van der Waals surface area contributed by atoms with E-state index in [1.165, 1.54) is 25.7 Å². The molecule has 0 bridgehead atoms. The molecule has 0 aromatic rings. The summed E-state index contributed by atoms with van der Waals surface area (Å²) in [6, 6.07) is 0. The molecule has 1 aliphatic carbocycles. The van der Waals surface area contributed by atoms with E-state index in [1.54, 1.807) is 0 Å². The zero-order valence-electron chi connectivity index (χ0n) is 8.34. The quantitative estimate of drug-likeness (QED) is 0.617. The highest BCUT2D eigenvalue weighted by molar-refractivity contribution is 5.32. The van der Waals surface area contributed by atoms with Crippen LogP contribution in [0.3, 0.4) is 0 Å². The van der Waals surface area contributed by atoms with Gasteiger partial charge in [-0.3, -0.25) is 4.79 Å². The number of rotatable bonds is 1. The first-order valence-electron chi connectivity index (χ1n) is 4.57. The summed E-state index contributed by atoms with van der Waals surface area (Å²) in [6.07, 6.45) is 5.92. The summed E-state index contributed by atoms with van der Waals surface area (Å²) in [5.41, 5.74) is 0.574. The van der Waals surface area contributed by atoms with Gasteiger partial charge in [0.15, 0.2) is 0 Å². The normalized spacial score (nSPS) is 17.2. The molecule has 0 amide bonds. The molecule has 0 atom stereocenters. The average molecular weight is 172 g/mol. The maximum Gasteiger partial charge on any atom is 0.290 e. The van der Waals surface area contributed by atoms with Crippen molar-refractivity contribution < 1.29 is 9.90 Å². The maximum absolute atomic E-state index is 8.36. The van der Waals surface area contributed by atoms with E-state index in [9.17, 15) is 0 Å². The van der Waals surface area contributed by atoms with Gasteiger partial charge in [0.2, 0.25) is 0 Å². The SMILES string of the molecule is CC(C)(C)CC1CCC1.O=CO. The largest absolute Gasteiger partial charge is 0.483 e. The summed E-state index contributed by atoms with van der Waals surface area (Å²) >= 11 is 0. The van der Waals surface area contributed by atoms with E-state index < -0.39 is 0 Å². The third-order valence-electron chi connectivity index (χ3n) is 2.13. The molecule has 0 radical (unpaired) electrons. The average Bonchev–Trinajstić information content (AvgIpc) is 1.79. The molecule has 72 valence electrons. The second kappa shape index (κ2) is 5.18. The highest BCUT2D eigenvalue weighted by atomic mass is 16.3. The van der Waals surface area contributed by atoms with Crippen LogP contribution in [0.1, 0.15) is 46.5 Å². The Morgan fingerprint density at radius 1 is 1.42 bits per heavy atom. The first-order valence-corrected chi connectivity index (χ1v) is 4.57. The van der Waals surface area contributed by atoms with Crippen molar-refractivity contribution in [2.75, 3.05) is 0 Å². The van der Waals surface area contributed by atoms with Crippen LogP contribution in [0.5, 0.6) is 0 Å². The monoisotopic (exact) mass is 172 g/mol. The third-order valence-corrected chi connectivity index (χ3v) is 2.13. The van der Waals surface area contributed by atoms with E-state index in [1.807, 2.05) is 0 Å². The van der Waals surface area contributed by atoms with Crippen molar-refractivity contribution in [3.8, 4) is 0 Å². The van der Waals surface area contributed by atoms with Crippen molar-refractivity contribution in [1.82, 2.24) is 0 Å². The van der Waals surface area contributed by atoms with E-state index in [2.05, 4.69) is 20.8 Å². The topological polar surface area (TPSA) is 37.3 Å². The van der Waals surface area contributed by atoms with Crippen molar-refractivity contribution in [1.29, 1.82) is 0 Å². The van der Waals surface area contributed by atoms with Crippen LogP contribution in [-0.2, 0) is 4.79 Å². The molecule has 1 N–H and O–H groups in total. The van der Waals surface area contributed by atoms with Gasteiger partial charge in [-0.25, -0.2) is 0 Å². The molecule has 0 aliphatic heterocycles. The van der Waals surface area contributed by atoms with Crippen LogP contribution in [0.2, 0.25) is 0 Å². The van der Waals surface area contributed by atoms with Gasteiger partial charge in [0, 0.05) is 0 Å². The number of carbonyl (C=O) groups is 1. The van der Waals surface area contributed by atoms with Gasteiger partial charge in [-0.05, 0) is 17.8 Å². The molecule has 1 fully saturated rings. The van der Waals surface area contributed by atoms with Crippen LogP contribution in [0.4, 0.5) is 0 Å². The highest BCUT2D eigenvalue weighted by Gasteiger charge is 2.23. The smallest absolute Gasteiger partial charge is 0.290 e. The molecular weight excluding hydrogens is 152 g/mol. The van der Waals surface area contributed by atoms with Gasteiger partial charge in [0.05, 0.1) is 0 Å². The number of hydrogen-bond donors (Lipinski definition) is 1. The molecule has 1 aliphatic rings. The van der Waals surface area contributed by atoms with Crippen LogP contribution in [0, 0.1) is 11.3 Å². The lowest BCUT2D eigenvalue weighted by atomic mass is 9.74. The fourth-order valence-corrected chi connectivity index (χ4v) is 1.56. The van der Waals surface area contributed by atoms with E-state index in [4.69, 9.17) is 9.90 Å². The van der Waals surface area contributed by atoms with Crippen LogP contribution in [0.15, 0.2) is 0 Å². The minimum Gasteiger partial charge on any atom is -0.483 e. The van der Waals surface area contributed by atoms with Crippen molar-refractivity contribution in [3.05, 3.63) is 0 Å². The zero-order valence-corrected chi connectivity index (χ0v) is 8.34. The fourth-order valence-electron chi connectivity index (χ4n) is 1.56. The summed E-state index contributed by atoms with van der Waals surface area (Å²) in [6.45, 7) is 6.77. The van der Waals surface area contributed by atoms with Gasteiger partial charge < -0.3 is 5.11 Å². The maximum atomic E-state index is 8.36. The van der Waals surface area contributed by atoms with Crippen molar-refractivity contribution in [2.24, 2.45) is 11.3 Å². The molecule has 0 spiro atoms. The third kappa shape index (κ3) is 6.20. The Labute approximate surface area is 75.0 Å². The Balaban J connectivity index is 0.000000354. The first-order chi connectivity index (χ1) is 5.49. The molecule has 0 unspecified atom stereocenters.